The van der Waals surface area contributed by atoms with Gasteiger partial charge < -0.3 is 14.8 Å². The number of rotatable bonds is 7. The Morgan fingerprint density at radius 2 is 1.81 bits per heavy atom. The van der Waals surface area contributed by atoms with Gasteiger partial charge in [-0.15, -0.1) is 0 Å². The summed E-state index contributed by atoms with van der Waals surface area (Å²) in [5, 5.41) is 2.75. The summed E-state index contributed by atoms with van der Waals surface area (Å²) in [7, 11) is 1.33. The molecule has 2 aromatic rings. The minimum atomic E-state index is -2.95. The average molecular weight is 365 g/mol. The number of amides is 1. The summed E-state index contributed by atoms with van der Waals surface area (Å²) >= 11 is 0. The molecule has 1 unspecified atom stereocenters. The number of carbonyl (C=O) groups excluding carboxylic acids is 1. The normalized spacial score (nSPS) is 12.2. The Balaban J connectivity index is 2.01. The number of alkyl halides is 2. The molecule has 1 amide bonds. The molecule has 0 aliphatic heterocycles. The maximum absolute atomic E-state index is 12.9. The first-order valence-electron chi connectivity index (χ1n) is 7.76. The topological polar surface area (TPSA) is 47.6 Å². The zero-order valence-corrected chi connectivity index (χ0v) is 14.2. The Hall–Kier alpha value is -2.96. The van der Waals surface area contributed by atoms with Gasteiger partial charge in [-0.25, -0.2) is 4.39 Å². The van der Waals surface area contributed by atoms with E-state index >= 15 is 0 Å². The van der Waals surface area contributed by atoms with E-state index in [1.165, 1.54) is 49.6 Å². The highest BCUT2D eigenvalue weighted by Gasteiger charge is 2.11. The van der Waals surface area contributed by atoms with Gasteiger partial charge >= 0.3 is 6.61 Å². The largest absolute Gasteiger partial charge is 0.493 e. The van der Waals surface area contributed by atoms with E-state index in [2.05, 4.69) is 10.1 Å². The molecular formula is C19H18F3NO3. The number of carbonyl (C=O) groups is 1. The Morgan fingerprint density at radius 1 is 1.12 bits per heavy atom. The van der Waals surface area contributed by atoms with E-state index in [4.69, 9.17) is 4.74 Å². The van der Waals surface area contributed by atoms with Crippen molar-refractivity contribution < 1.29 is 27.4 Å². The van der Waals surface area contributed by atoms with Crippen molar-refractivity contribution in [3.63, 3.8) is 0 Å². The summed E-state index contributed by atoms with van der Waals surface area (Å²) in [5.41, 5.74) is 1.34. The van der Waals surface area contributed by atoms with Crippen LogP contribution in [0.25, 0.3) is 6.08 Å². The summed E-state index contributed by atoms with van der Waals surface area (Å²) in [6.45, 7) is -1.18. The molecule has 1 N–H and O–H groups in total. The van der Waals surface area contributed by atoms with Crippen molar-refractivity contribution in [2.24, 2.45) is 0 Å². The summed E-state index contributed by atoms with van der Waals surface area (Å²) in [5.74, 6) is -0.657. The number of hydrogen-bond donors (Lipinski definition) is 1. The lowest BCUT2D eigenvalue weighted by molar-refractivity contribution is -0.117. The molecule has 0 heterocycles. The lowest BCUT2D eigenvalue weighted by Gasteiger charge is -2.13. The maximum atomic E-state index is 12.9. The number of hydrogen-bond acceptors (Lipinski definition) is 3. The molecule has 7 heteroatoms. The molecule has 0 radical (unpaired) electrons. The molecule has 26 heavy (non-hydrogen) atoms. The molecule has 4 nitrogen and oxygen atoms in total. The van der Waals surface area contributed by atoms with Gasteiger partial charge in [0.05, 0.1) is 13.2 Å². The Bertz CT molecular complexity index is 776. The zero-order valence-electron chi connectivity index (χ0n) is 14.2. The average Bonchev–Trinajstić information content (AvgIpc) is 2.60. The second-order valence-corrected chi connectivity index (χ2v) is 5.40. The fraction of sp³-hybridized carbons (Fsp3) is 0.211. The fourth-order valence-electron chi connectivity index (χ4n) is 2.25. The molecule has 0 aliphatic carbocycles. The second kappa shape index (κ2) is 8.94. The van der Waals surface area contributed by atoms with E-state index < -0.39 is 6.61 Å². The fourth-order valence-corrected chi connectivity index (χ4v) is 2.25. The molecule has 0 saturated heterocycles. The van der Waals surface area contributed by atoms with Crippen molar-refractivity contribution in [2.45, 2.75) is 19.6 Å². The standard InChI is InChI=1S/C19H18F3NO3/c1-12(14-5-7-15(20)8-6-14)23-18(24)10-4-13-3-9-16(26-19(21)22)17(11-13)25-2/h3-12,19H,1-2H3,(H,23,24). The number of methoxy groups -OCH3 is 1. The van der Waals surface area contributed by atoms with Gasteiger partial charge in [0.15, 0.2) is 11.5 Å². The van der Waals surface area contributed by atoms with Gasteiger partial charge in [-0.3, -0.25) is 4.79 Å². The third-order valence-corrected chi connectivity index (χ3v) is 3.56. The van der Waals surface area contributed by atoms with Crippen molar-refractivity contribution in [2.75, 3.05) is 7.11 Å². The lowest BCUT2D eigenvalue weighted by atomic mass is 10.1. The van der Waals surface area contributed by atoms with Gasteiger partial charge in [-0.1, -0.05) is 18.2 Å². The van der Waals surface area contributed by atoms with Crippen LogP contribution in [0, 0.1) is 5.82 Å². The van der Waals surface area contributed by atoms with E-state index in [1.807, 2.05) is 0 Å². The highest BCUT2D eigenvalue weighted by Crippen LogP contribution is 2.29. The Kier molecular flexibility index (Phi) is 6.66. The first-order chi connectivity index (χ1) is 12.4. The van der Waals surface area contributed by atoms with E-state index in [0.717, 1.165) is 5.56 Å². The van der Waals surface area contributed by atoms with Crippen LogP contribution in [-0.4, -0.2) is 19.6 Å². The highest BCUT2D eigenvalue weighted by atomic mass is 19.3. The van der Waals surface area contributed by atoms with Crippen LogP contribution < -0.4 is 14.8 Å². The van der Waals surface area contributed by atoms with Crippen molar-refractivity contribution in [3.05, 3.63) is 65.5 Å². The third-order valence-electron chi connectivity index (χ3n) is 3.56. The van der Waals surface area contributed by atoms with Crippen LogP contribution in [0.1, 0.15) is 24.1 Å². The predicted molar refractivity (Wildman–Crippen MR) is 91.6 cm³/mol. The van der Waals surface area contributed by atoms with Crippen LogP contribution in [-0.2, 0) is 4.79 Å². The summed E-state index contributed by atoms with van der Waals surface area (Å²) in [4.78, 5) is 12.0. The summed E-state index contributed by atoms with van der Waals surface area (Å²) < 4.78 is 46.9. The highest BCUT2D eigenvalue weighted by molar-refractivity contribution is 5.92. The molecule has 0 bridgehead atoms. The van der Waals surface area contributed by atoms with Crippen molar-refractivity contribution in [1.29, 1.82) is 0 Å². The van der Waals surface area contributed by atoms with Crippen LogP contribution >= 0.6 is 0 Å². The summed E-state index contributed by atoms with van der Waals surface area (Å²) in [6.07, 6.45) is 2.82. The second-order valence-electron chi connectivity index (χ2n) is 5.40. The molecule has 1 atom stereocenters. The van der Waals surface area contributed by atoms with Crippen LogP contribution in [0.3, 0.4) is 0 Å². The Morgan fingerprint density at radius 3 is 2.42 bits per heavy atom. The molecule has 0 aromatic heterocycles. The third kappa shape index (κ3) is 5.54. The molecule has 138 valence electrons. The van der Waals surface area contributed by atoms with Crippen molar-refractivity contribution in [3.8, 4) is 11.5 Å². The molecule has 0 saturated carbocycles. The maximum Gasteiger partial charge on any atom is 0.387 e. The van der Waals surface area contributed by atoms with Crippen molar-refractivity contribution >= 4 is 12.0 Å². The van der Waals surface area contributed by atoms with E-state index in [-0.39, 0.29) is 29.3 Å². The van der Waals surface area contributed by atoms with Gasteiger partial charge in [0.25, 0.3) is 0 Å². The molecule has 2 aromatic carbocycles. The monoisotopic (exact) mass is 365 g/mol. The summed E-state index contributed by atoms with van der Waals surface area (Å²) in [6, 6.07) is 9.87. The van der Waals surface area contributed by atoms with E-state index in [9.17, 15) is 18.0 Å². The lowest BCUT2D eigenvalue weighted by Crippen LogP contribution is -2.24. The molecule has 0 spiro atoms. The number of benzene rings is 2. The van der Waals surface area contributed by atoms with Crippen LogP contribution in [0.4, 0.5) is 13.2 Å². The minimum Gasteiger partial charge on any atom is -0.493 e. The minimum absolute atomic E-state index is 0.0889. The smallest absolute Gasteiger partial charge is 0.387 e. The SMILES string of the molecule is COc1cc(C=CC(=O)NC(C)c2ccc(F)cc2)ccc1OC(F)F. The van der Waals surface area contributed by atoms with Crippen molar-refractivity contribution in [1.82, 2.24) is 5.32 Å². The van der Waals surface area contributed by atoms with Crippen LogP contribution in [0.2, 0.25) is 0 Å². The zero-order chi connectivity index (χ0) is 19.1. The molecule has 0 aliphatic rings. The van der Waals surface area contributed by atoms with E-state index in [0.29, 0.717) is 5.56 Å². The molecular weight excluding hydrogens is 347 g/mol. The van der Waals surface area contributed by atoms with Gasteiger partial charge in [-0.05, 0) is 48.4 Å². The van der Waals surface area contributed by atoms with Gasteiger partial charge in [0.2, 0.25) is 5.91 Å². The van der Waals surface area contributed by atoms with Gasteiger partial charge in [-0.2, -0.15) is 8.78 Å². The number of ether oxygens (including phenoxy) is 2. The number of halogens is 3. The first kappa shape index (κ1) is 19.4. The van der Waals surface area contributed by atoms with Gasteiger partial charge in [0.1, 0.15) is 5.82 Å². The molecule has 0 fully saturated rings. The van der Waals surface area contributed by atoms with Crippen LogP contribution in [0.5, 0.6) is 11.5 Å². The van der Waals surface area contributed by atoms with Crippen LogP contribution in [0.15, 0.2) is 48.5 Å². The quantitative estimate of drug-likeness (QED) is 0.743. The molecule has 2 rings (SSSR count). The number of nitrogens with one attached hydrogen (secondary N) is 1. The van der Waals surface area contributed by atoms with E-state index in [1.54, 1.807) is 19.1 Å². The van der Waals surface area contributed by atoms with Gasteiger partial charge in [0, 0.05) is 6.08 Å². The first-order valence-corrected chi connectivity index (χ1v) is 7.76. The predicted octanol–water partition coefficient (Wildman–Crippen LogP) is 4.33. The Labute approximate surface area is 149 Å².